The molecule has 1 amide bonds. The summed E-state index contributed by atoms with van der Waals surface area (Å²) >= 11 is 0. The molecule has 18 heavy (non-hydrogen) atoms. The highest BCUT2D eigenvalue weighted by Crippen LogP contribution is 2.18. The van der Waals surface area contributed by atoms with Crippen LogP contribution in [0.25, 0.3) is 0 Å². The molecule has 2 rings (SSSR count). The maximum atomic E-state index is 12.2. The van der Waals surface area contributed by atoms with Crippen molar-refractivity contribution in [3.8, 4) is 0 Å². The first-order valence-electron chi connectivity index (χ1n) is 7.36. The van der Waals surface area contributed by atoms with Crippen molar-refractivity contribution >= 4 is 5.91 Å². The molecule has 104 valence electrons. The van der Waals surface area contributed by atoms with Crippen LogP contribution < -0.4 is 10.6 Å². The largest absolute Gasteiger partial charge is 0.352 e. The second-order valence-corrected chi connectivity index (χ2v) is 6.09. The van der Waals surface area contributed by atoms with Crippen LogP contribution in [0, 0.1) is 0 Å². The predicted octanol–water partition coefficient (Wildman–Crippen LogP) is 1.12. The molecule has 2 fully saturated rings. The van der Waals surface area contributed by atoms with Gasteiger partial charge in [0.15, 0.2) is 0 Å². The number of carbonyl (C=O) groups is 1. The molecule has 2 aliphatic rings. The second-order valence-electron chi connectivity index (χ2n) is 6.09. The smallest absolute Gasteiger partial charge is 0.237 e. The van der Waals surface area contributed by atoms with Gasteiger partial charge in [0, 0.05) is 31.2 Å². The minimum Gasteiger partial charge on any atom is -0.352 e. The van der Waals surface area contributed by atoms with Gasteiger partial charge in [0.05, 0.1) is 6.04 Å². The van der Waals surface area contributed by atoms with Crippen molar-refractivity contribution in [2.45, 2.75) is 70.6 Å². The molecule has 1 aliphatic heterocycles. The van der Waals surface area contributed by atoms with Gasteiger partial charge in [0.2, 0.25) is 5.91 Å². The molecule has 1 aliphatic carbocycles. The molecule has 4 heteroatoms. The third-order valence-electron chi connectivity index (χ3n) is 4.21. The summed E-state index contributed by atoms with van der Waals surface area (Å²) in [6, 6.07) is 1.36. The Bertz CT molecular complexity index is 279. The van der Waals surface area contributed by atoms with Gasteiger partial charge in [-0.1, -0.05) is 12.8 Å². The molecule has 0 spiro atoms. The molecule has 4 nitrogen and oxygen atoms in total. The molecule has 0 radical (unpaired) electrons. The van der Waals surface area contributed by atoms with Crippen LogP contribution >= 0.6 is 0 Å². The van der Waals surface area contributed by atoms with E-state index in [2.05, 4.69) is 29.4 Å². The van der Waals surface area contributed by atoms with E-state index in [0.717, 1.165) is 25.9 Å². The van der Waals surface area contributed by atoms with Crippen molar-refractivity contribution in [2.75, 3.05) is 13.1 Å². The van der Waals surface area contributed by atoms with E-state index in [4.69, 9.17) is 0 Å². The van der Waals surface area contributed by atoms with Crippen LogP contribution in [-0.4, -0.2) is 48.1 Å². The van der Waals surface area contributed by atoms with Crippen LogP contribution in [0.5, 0.6) is 0 Å². The monoisotopic (exact) mass is 253 g/mol. The number of carbonyl (C=O) groups excluding carboxylic acids is 1. The highest BCUT2D eigenvalue weighted by atomic mass is 16.2. The fourth-order valence-electron chi connectivity index (χ4n) is 3.24. The molecule has 3 atom stereocenters. The van der Waals surface area contributed by atoms with E-state index < -0.39 is 0 Å². The Kier molecular flexibility index (Phi) is 4.62. The molecule has 3 unspecified atom stereocenters. The average molecular weight is 253 g/mol. The zero-order valence-electron chi connectivity index (χ0n) is 11.9. The van der Waals surface area contributed by atoms with E-state index in [1.807, 2.05) is 6.92 Å². The number of rotatable bonds is 3. The molecule has 1 saturated carbocycles. The van der Waals surface area contributed by atoms with Gasteiger partial charge >= 0.3 is 0 Å². The lowest BCUT2D eigenvalue weighted by atomic mass is 10.1. The lowest BCUT2D eigenvalue weighted by Gasteiger charge is -2.39. The summed E-state index contributed by atoms with van der Waals surface area (Å²) in [5, 5.41) is 6.71. The number of nitrogens with zero attached hydrogens (tertiary/aromatic N) is 1. The van der Waals surface area contributed by atoms with E-state index in [-0.39, 0.29) is 11.9 Å². The summed E-state index contributed by atoms with van der Waals surface area (Å²) in [5.41, 5.74) is 0. The zero-order valence-corrected chi connectivity index (χ0v) is 11.9. The van der Waals surface area contributed by atoms with Gasteiger partial charge in [0.1, 0.15) is 0 Å². The molecule has 0 aromatic carbocycles. The van der Waals surface area contributed by atoms with Crippen molar-refractivity contribution < 1.29 is 4.79 Å². The van der Waals surface area contributed by atoms with Crippen LogP contribution in [0.1, 0.15) is 46.5 Å². The summed E-state index contributed by atoms with van der Waals surface area (Å²) in [4.78, 5) is 14.5. The van der Waals surface area contributed by atoms with Crippen molar-refractivity contribution in [3.05, 3.63) is 0 Å². The van der Waals surface area contributed by atoms with Gasteiger partial charge in [-0.15, -0.1) is 0 Å². The highest BCUT2D eigenvalue weighted by molar-refractivity contribution is 5.81. The molecule has 0 aromatic rings. The maximum Gasteiger partial charge on any atom is 0.237 e. The van der Waals surface area contributed by atoms with Gasteiger partial charge in [-0.25, -0.2) is 0 Å². The van der Waals surface area contributed by atoms with E-state index in [9.17, 15) is 4.79 Å². The lowest BCUT2D eigenvalue weighted by molar-refractivity contribution is -0.127. The van der Waals surface area contributed by atoms with E-state index in [1.165, 1.54) is 12.8 Å². The first kappa shape index (κ1) is 13.8. The summed E-state index contributed by atoms with van der Waals surface area (Å²) in [5.74, 6) is 0.211. The fourth-order valence-corrected chi connectivity index (χ4v) is 3.24. The average Bonchev–Trinajstić information content (AvgIpc) is 2.79. The minimum absolute atomic E-state index is 0.00222. The molecule has 1 heterocycles. The Balaban J connectivity index is 1.84. The predicted molar refractivity (Wildman–Crippen MR) is 73.5 cm³/mol. The van der Waals surface area contributed by atoms with Crippen molar-refractivity contribution in [2.24, 2.45) is 0 Å². The van der Waals surface area contributed by atoms with Crippen LogP contribution in [0.2, 0.25) is 0 Å². The van der Waals surface area contributed by atoms with Crippen LogP contribution in [0.15, 0.2) is 0 Å². The normalized spacial score (nSPS) is 32.4. The summed E-state index contributed by atoms with van der Waals surface area (Å²) < 4.78 is 0. The van der Waals surface area contributed by atoms with Crippen LogP contribution in [0.3, 0.4) is 0 Å². The quantitative estimate of drug-likeness (QED) is 0.792. The Morgan fingerprint density at radius 1 is 1.22 bits per heavy atom. The van der Waals surface area contributed by atoms with E-state index in [0.29, 0.717) is 18.1 Å². The number of hydrogen-bond acceptors (Lipinski definition) is 3. The number of amides is 1. The molecular formula is C14H27N3O. The van der Waals surface area contributed by atoms with Gasteiger partial charge in [-0.3, -0.25) is 9.69 Å². The van der Waals surface area contributed by atoms with Gasteiger partial charge in [-0.2, -0.15) is 0 Å². The van der Waals surface area contributed by atoms with Gasteiger partial charge in [0.25, 0.3) is 0 Å². The third kappa shape index (κ3) is 3.45. The number of piperazine rings is 1. The fraction of sp³-hybridized carbons (Fsp3) is 0.929. The van der Waals surface area contributed by atoms with E-state index in [1.54, 1.807) is 0 Å². The van der Waals surface area contributed by atoms with Crippen molar-refractivity contribution in [1.82, 2.24) is 15.5 Å². The zero-order chi connectivity index (χ0) is 13.1. The SMILES string of the molecule is CC1CN(C(C)C(=O)NC2CCCC2)CC(C)N1. The highest BCUT2D eigenvalue weighted by Gasteiger charge is 2.29. The first-order valence-corrected chi connectivity index (χ1v) is 7.36. The topological polar surface area (TPSA) is 44.4 Å². The molecule has 2 N–H and O–H groups in total. The van der Waals surface area contributed by atoms with Gasteiger partial charge < -0.3 is 10.6 Å². The van der Waals surface area contributed by atoms with Crippen molar-refractivity contribution in [3.63, 3.8) is 0 Å². The van der Waals surface area contributed by atoms with Crippen LogP contribution in [-0.2, 0) is 4.79 Å². The lowest BCUT2D eigenvalue weighted by Crippen LogP contribution is -2.59. The maximum absolute atomic E-state index is 12.2. The van der Waals surface area contributed by atoms with Crippen LogP contribution in [0.4, 0.5) is 0 Å². The van der Waals surface area contributed by atoms with E-state index >= 15 is 0 Å². The standard InChI is InChI=1S/C14H27N3O/c1-10-8-17(9-11(2)15-10)12(3)14(18)16-13-6-4-5-7-13/h10-13,15H,4-9H2,1-3H3,(H,16,18). The number of hydrogen-bond donors (Lipinski definition) is 2. The molecule has 1 saturated heterocycles. The summed E-state index contributed by atoms with van der Waals surface area (Å²) in [6.07, 6.45) is 4.85. The summed E-state index contributed by atoms with van der Waals surface area (Å²) in [6.45, 7) is 8.33. The van der Waals surface area contributed by atoms with Gasteiger partial charge in [-0.05, 0) is 33.6 Å². The Hall–Kier alpha value is -0.610. The third-order valence-corrected chi connectivity index (χ3v) is 4.21. The Labute approximate surface area is 110 Å². The first-order chi connectivity index (χ1) is 8.56. The molecule has 0 bridgehead atoms. The summed E-state index contributed by atoms with van der Waals surface area (Å²) in [7, 11) is 0. The Morgan fingerprint density at radius 3 is 2.33 bits per heavy atom. The molecule has 0 aromatic heterocycles. The molecular weight excluding hydrogens is 226 g/mol. The van der Waals surface area contributed by atoms with Crippen molar-refractivity contribution in [1.29, 1.82) is 0 Å². The minimum atomic E-state index is -0.00222. The second kappa shape index (κ2) is 6.02. The Morgan fingerprint density at radius 2 is 1.78 bits per heavy atom. The number of nitrogens with one attached hydrogen (secondary N) is 2.